The van der Waals surface area contributed by atoms with Crippen molar-refractivity contribution in [1.29, 1.82) is 0 Å². The molecule has 0 unspecified atom stereocenters. The van der Waals surface area contributed by atoms with Crippen molar-refractivity contribution in [3.8, 4) is 0 Å². The summed E-state index contributed by atoms with van der Waals surface area (Å²) in [6.07, 6.45) is 12.0. The van der Waals surface area contributed by atoms with Crippen molar-refractivity contribution in [3.63, 3.8) is 0 Å². The smallest absolute Gasteiger partial charge is 0.203 e. The van der Waals surface area contributed by atoms with Crippen LogP contribution in [0, 0.1) is 0 Å². The minimum atomic E-state index is 0.00352. The summed E-state index contributed by atoms with van der Waals surface area (Å²) in [5.41, 5.74) is 2.99. The fraction of sp³-hybridized carbons (Fsp3) is 0.333. The molecule has 1 heterocycles. The average molecular weight is 322 g/mol. The van der Waals surface area contributed by atoms with Crippen molar-refractivity contribution in [1.82, 2.24) is 9.78 Å². The number of rotatable bonds is 9. The lowest BCUT2D eigenvalue weighted by Gasteiger charge is -2.04. The summed E-state index contributed by atoms with van der Waals surface area (Å²) in [6, 6.07) is 12.0. The lowest BCUT2D eigenvalue weighted by Crippen LogP contribution is -2.07. The molecule has 0 aliphatic rings. The van der Waals surface area contributed by atoms with E-state index in [1.807, 2.05) is 31.2 Å². The zero-order valence-corrected chi connectivity index (χ0v) is 14.6. The maximum absolute atomic E-state index is 12.4. The van der Waals surface area contributed by atoms with Gasteiger partial charge in [0.1, 0.15) is 5.69 Å². The number of ketones is 1. The van der Waals surface area contributed by atoms with Crippen molar-refractivity contribution in [3.05, 3.63) is 71.6 Å². The van der Waals surface area contributed by atoms with Crippen LogP contribution < -0.4 is 0 Å². The molecule has 0 amide bonds. The topological polar surface area (TPSA) is 34.9 Å². The highest BCUT2D eigenvalue weighted by atomic mass is 16.1. The molecule has 0 saturated carbocycles. The number of carbonyl (C=O) groups is 1. The van der Waals surface area contributed by atoms with Gasteiger partial charge in [0.25, 0.3) is 0 Å². The van der Waals surface area contributed by atoms with E-state index < -0.39 is 0 Å². The van der Waals surface area contributed by atoms with Crippen LogP contribution in [0.2, 0.25) is 0 Å². The van der Waals surface area contributed by atoms with Gasteiger partial charge in [-0.2, -0.15) is 5.10 Å². The average Bonchev–Trinajstić information content (AvgIpc) is 3.09. The van der Waals surface area contributed by atoms with E-state index in [4.69, 9.17) is 0 Å². The van der Waals surface area contributed by atoms with Crippen molar-refractivity contribution in [2.24, 2.45) is 0 Å². The molecule has 0 spiro atoms. The minimum Gasteiger partial charge on any atom is -0.288 e. The molecular formula is C21H26N2O. The Balaban J connectivity index is 2.15. The molecule has 24 heavy (non-hydrogen) atoms. The first-order valence-corrected chi connectivity index (χ1v) is 8.74. The molecule has 0 atom stereocenters. The predicted molar refractivity (Wildman–Crippen MR) is 99.9 cm³/mol. The summed E-state index contributed by atoms with van der Waals surface area (Å²) in [5, 5.41) is 4.16. The van der Waals surface area contributed by atoms with E-state index in [0.29, 0.717) is 12.2 Å². The number of aryl methyl sites for hydroxylation is 1. The Kier molecular flexibility index (Phi) is 7.21. The van der Waals surface area contributed by atoms with Gasteiger partial charge in [0.05, 0.1) is 0 Å². The van der Waals surface area contributed by atoms with E-state index in [2.05, 4.69) is 30.2 Å². The molecule has 0 fully saturated rings. The van der Waals surface area contributed by atoms with Crippen LogP contribution >= 0.6 is 0 Å². The Morgan fingerprint density at radius 1 is 1.08 bits per heavy atom. The fourth-order valence-electron chi connectivity index (χ4n) is 2.61. The highest BCUT2D eigenvalue weighted by Crippen LogP contribution is 2.16. The molecular weight excluding hydrogens is 296 g/mol. The molecule has 0 radical (unpaired) electrons. The normalized spacial score (nSPS) is 12.0. The molecule has 2 rings (SSSR count). The van der Waals surface area contributed by atoms with Crippen molar-refractivity contribution >= 4 is 11.9 Å². The van der Waals surface area contributed by atoms with Crippen LogP contribution in [0.25, 0.3) is 6.08 Å². The van der Waals surface area contributed by atoms with Gasteiger partial charge in [-0.25, -0.2) is 0 Å². The van der Waals surface area contributed by atoms with E-state index in [0.717, 1.165) is 12.8 Å². The van der Waals surface area contributed by atoms with Crippen molar-refractivity contribution < 1.29 is 4.79 Å². The summed E-state index contributed by atoms with van der Waals surface area (Å²) in [5.74, 6) is 0.00352. The van der Waals surface area contributed by atoms with Crippen LogP contribution in [-0.2, 0) is 6.54 Å². The largest absolute Gasteiger partial charge is 0.288 e. The first-order chi connectivity index (χ1) is 11.7. The van der Waals surface area contributed by atoms with Gasteiger partial charge in [0.15, 0.2) is 0 Å². The molecule has 0 saturated heterocycles. The molecule has 0 aliphatic carbocycles. The van der Waals surface area contributed by atoms with Crippen LogP contribution in [0.3, 0.4) is 0 Å². The Morgan fingerprint density at radius 3 is 2.58 bits per heavy atom. The molecule has 2 aromatic rings. The van der Waals surface area contributed by atoms with Gasteiger partial charge in [-0.3, -0.25) is 9.48 Å². The summed E-state index contributed by atoms with van der Waals surface area (Å²) in [7, 11) is 0. The van der Waals surface area contributed by atoms with Crippen LogP contribution in [-0.4, -0.2) is 15.6 Å². The van der Waals surface area contributed by atoms with E-state index in [1.54, 1.807) is 23.0 Å². The maximum Gasteiger partial charge on any atom is 0.203 e. The molecule has 1 aromatic heterocycles. The van der Waals surface area contributed by atoms with Gasteiger partial charge < -0.3 is 0 Å². The number of allylic oxidation sites excluding steroid dienone is 3. The number of unbranched alkanes of at least 4 members (excludes halogenated alkanes) is 2. The first kappa shape index (κ1) is 17.9. The van der Waals surface area contributed by atoms with E-state index in [9.17, 15) is 4.79 Å². The number of carbonyl (C=O) groups excluding carboxylic acids is 1. The monoisotopic (exact) mass is 322 g/mol. The van der Waals surface area contributed by atoms with Crippen molar-refractivity contribution in [2.45, 2.75) is 46.1 Å². The molecule has 3 nitrogen and oxygen atoms in total. The van der Waals surface area contributed by atoms with Crippen molar-refractivity contribution in [2.75, 3.05) is 0 Å². The van der Waals surface area contributed by atoms with Gasteiger partial charge in [-0.1, -0.05) is 62.2 Å². The zero-order valence-electron chi connectivity index (χ0n) is 14.6. The van der Waals surface area contributed by atoms with Gasteiger partial charge in [0.2, 0.25) is 5.78 Å². The third-order valence-electron chi connectivity index (χ3n) is 3.94. The number of hydrogen-bond acceptors (Lipinski definition) is 2. The molecule has 3 heteroatoms. The second-order valence-corrected chi connectivity index (χ2v) is 5.82. The maximum atomic E-state index is 12.4. The SMILES string of the molecule is CCCCCC(=C/c1ccccc1)/C=C/C(=O)c1ccnn1CC. The standard InChI is InChI=1S/C21H26N2O/c1-3-5-7-10-19(17-18-11-8-6-9-12-18)13-14-21(24)20-15-16-22-23(20)4-2/h6,8-9,11-17H,3-5,7,10H2,1-2H3/b14-13+,19-17-. The van der Waals surface area contributed by atoms with Gasteiger partial charge in [-0.15, -0.1) is 0 Å². The van der Waals surface area contributed by atoms with Crippen LogP contribution in [0.4, 0.5) is 0 Å². The van der Waals surface area contributed by atoms with Crippen LogP contribution in [0.5, 0.6) is 0 Å². The summed E-state index contributed by atoms with van der Waals surface area (Å²) < 4.78 is 1.73. The number of aromatic nitrogens is 2. The highest BCUT2D eigenvalue weighted by Gasteiger charge is 2.07. The van der Waals surface area contributed by atoms with Gasteiger partial charge in [0, 0.05) is 12.7 Å². The third kappa shape index (κ3) is 5.34. The Bertz CT molecular complexity index is 696. The number of hydrogen-bond donors (Lipinski definition) is 0. The summed E-state index contributed by atoms with van der Waals surface area (Å²) in [6.45, 7) is 4.88. The van der Waals surface area contributed by atoms with E-state index in [-0.39, 0.29) is 5.78 Å². The quantitative estimate of drug-likeness (QED) is 0.271. The second kappa shape index (κ2) is 9.66. The Morgan fingerprint density at radius 2 is 1.88 bits per heavy atom. The third-order valence-corrected chi connectivity index (χ3v) is 3.94. The lowest BCUT2D eigenvalue weighted by atomic mass is 10.0. The Labute approximate surface area is 144 Å². The molecule has 0 aliphatic heterocycles. The molecule has 0 bridgehead atoms. The van der Waals surface area contributed by atoms with E-state index in [1.165, 1.54) is 24.0 Å². The van der Waals surface area contributed by atoms with Gasteiger partial charge >= 0.3 is 0 Å². The molecule has 126 valence electrons. The van der Waals surface area contributed by atoms with Gasteiger partial charge in [-0.05, 0) is 43.0 Å². The first-order valence-electron chi connectivity index (χ1n) is 8.74. The second-order valence-electron chi connectivity index (χ2n) is 5.82. The fourth-order valence-corrected chi connectivity index (χ4v) is 2.61. The lowest BCUT2D eigenvalue weighted by molar-refractivity contribution is 0.103. The number of nitrogens with zero attached hydrogens (tertiary/aromatic N) is 2. The molecule has 0 N–H and O–H groups in total. The summed E-state index contributed by atoms with van der Waals surface area (Å²) >= 11 is 0. The Hall–Kier alpha value is -2.42. The zero-order chi connectivity index (χ0) is 17.2. The number of benzene rings is 1. The van der Waals surface area contributed by atoms with Crippen LogP contribution in [0.1, 0.15) is 55.6 Å². The van der Waals surface area contributed by atoms with E-state index >= 15 is 0 Å². The van der Waals surface area contributed by atoms with Crippen LogP contribution in [0.15, 0.2) is 60.3 Å². The summed E-state index contributed by atoms with van der Waals surface area (Å²) in [4.78, 5) is 12.4. The molecule has 1 aromatic carbocycles. The predicted octanol–water partition coefficient (Wildman–Crippen LogP) is 5.31. The minimum absolute atomic E-state index is 0.00352. The highest BCUT2D eigenvalue weighted by molar-refractivity contribution is 6.03.